The highest BCUT2D eigenvalue weighted by atomic mass is 32.2. The maximum absolute atomic E-state index is 14.4. The van der Waals surface area contributed by atoms with Gasteiger partial charge >= 0.3 is 0 Å². The Balaban J connectivity index is 1.72. The molecule has 1 N–H and O–H groups in total. The van der Waals surface area contributed by atoms with Crippen molar-refractivity contribution in [1.29, 1.82) is 0 Å². The number of halogens is 3. The van der Waals surface area contributed by atoms with Crippen LogP contribution in [0.3, 0.4) is 0 Å². The minimum absolute atomic E-state index is 0.202. The molecule has 0 spiro atoms. The highest BCUT2D eigenvalue weighted by Crippen LogP contribution is 2.34. The normalized spacial score (nSPS) is 11.3. The number of aliphatic hydroxyl groups is 1. The number of carbonyl (C=O) groups excluding carboxylic acids is 1. The number of ketones is 1. The third-order valence-corrected chi connectivity index (χ3v) is 5.83. The molecule has 4 rings (SSSR count). The molecule has 0 amide bonds. The second-order valence-electron chi connectivity index (χ2n) is 6.78. The number of nitrogens with zero attached hydrogens (tertiary/aromatic N) is 4. The molecule has 4 aromatic rings. The van der Waals surface area contributed by atoms with Crippen LogP contribution < -0.4 is 0 Å². The van der Waals surface area contributed by atoms with Gasteiger partial charge in [-0.25, -0.2) is 13.2 Å². The number of aryl methyl sites for hydroxylation is 1. The minimum Gasteiger partial charge on any atom is -0.388 e. The van der Waals surface area contributed by atoms with E-state index in [0.29, 0.717) is 39.7 Å². The van der Waals surface area contributed by atoms with Crippen LogP contribution in [0.2, 0.25) is 0 Å². The monoisotopic (exact) mass is 444 g/mol. The highest BCUT2D eigenvalue weighted by Gasteiger charge is 2.20. The Hall–Kier alpha value is -3.24. The number of pyridine rings is 1. The summed E-state index contributed by atoms with van der Waals surface area (Å²) in [6, 6.07) is 7.73. The van der Waals surface area contributed by atoms with E-state index in [2.05, 4.69) is 15.2 Å². The van der Waals surface area contributed by atoms with Crippen LogP contribution in [0.4, 0.5) is 13.2 Å². The van der Waals surface area contributed by atoms with Crippen molar-refractivity contribution in [3.05, 3.63) is 65.1 Å². The molecule has 0 atom stereocenters. The predicted octanol–water partition coefficient (Wildman–Crippen LogP) is 4.08. The van der Waals surface area contributed by atoms with Gasteiger partial charge in [0.15, 0.2) is 16.8 Å². The molecule has 2 aromatic heterocycles. The van der Waals surface area contributed by atoms with Gasteiger partial charge in [0, 0.05) is 29.3 Å². The van der Waals surface area contributed by atoms with Crippen molar-refractivity contribution in [2.24, 2.45) is 7.05 Å². The van der Waals surface area contributed by atoms with E-state index in [-0.39, 0.29) is 15.6 Å². The van der Waals surface area contributed by atoms with Crippen molar-refractivity contribution in [2.45, 2.75) is 17.0 Å². The molecule has 0 aliphatic rings. The summed E-state index contributed by atoms with van der Waals surface area (Å²) >= 11 is 0.708. The molecule has 0 unspecified atom stereocenters. The Morgan fingerprint density at radius 1 is 1.10 bits per heavy atom. The van der Waals surface area contributed by atoms with Crippen LogP contribution in [-0.4, -0.2) is 37.2 Å². The number of hydrogen-bond acceptors (Lipinski definition) is 6. The molecule has 10 heteroatoms. The summed E-state index contributed by atoms with van der Waals surface area (Å²) in [7, 11) is 1.63. The predicted molar refractivity (Wildman–Crippen MR) is 108 cm³/mol. The smallest absolute Gasteiger partial charge is 0.196 e. The fourth-order valence-electron chi connectivity index (χ4n) is 3.11. The summed E-state index contributed by atoms with van der Waals surface area (Å²) in [5.74, 6) is -2.69. The maximum Gasteiger partial charge on any atom is 0.196 e. The highest BCUT2D eigenvalue weighted by molar-refractivity contribution is 7.99. The molecule has 0 saturated carbocycles. The van der Waals surface area contributed by atoms with E-state index in [1.54, 1.807) is 30.7 Å². The van der Waals surface area contributed by atoms with Crippen LogP contribution in [0.15, 0.2) is 46.5 Å². The zero-order chi connectivity index (χ0) is 22.3. The van der Waals surface area contributed by atoms with Crippen LogP contribution >= 0.6 is 11.8 Å². The average molecular weight is 444 g/mol. The molecule has 0 aliphatic carbocycles. The van der Waals surface area contributed by atoms with Gasteiger partial charge in [0.05, 0.1) is 10.4 Å². The van der Waals surface area contributed by atoms with Crippen LogP contribution in [0.25, 0.3) is 22.3 Å². The first-order valence-electron chi connectivity index (χ1n) is 9.06. The first kappa shape index (κ1) is 21.0. The van der Waals surface area contributed by atoms with Crippen molar-refractivity contribution in [3.8, 4) is 11.4 Å². The number of aromatic nitrogens is 4. The Morgan fingerprint density at radius 3 is 2.48 bits per heavy atom. The van der Waals surface area contributed by atoms with E-state index in [4.69, 9.17) is 5.11 Å². The van der Waals surface area contributed by atoms with E-state index in [1.807, 2.05) is 0 Å². The summed E-state index contributed by atoms with van der Waals surface area (Å²) in [6.45, 7) is 0.927. The third-order valence-electron chi connectivity index (χ3n) is 4.70. The molecule has 2 aromatic carbocycles. The number of hydrogen-bond donors (Lipinski definition) is 1. The lowest BCUT2D eigenvalue weighted by molar-refractivity contribution is 0.0902. The topological polar surface area (TPSA) is 80.9 Å². The van der Waals surface area contributed by atoms with Crippen LogP contribution in [0.1, 0.15) is 16.1 Å². The number of benzene rings is 2. The quantitative estimate of drug-likeness (QED) is 0.467. The number of carbonyl (C=O) groups is 1. The Kier molecular flexibility index (Phi) is 5.50. The molecular weight excluding hydrogens is 429 g/mol. The molecule has 31 heavy (non-hydrogen) atoms. The second kappa shape index (κ2) is 8.12. The van der Waals surface area contributed by atoms with E-state index < -0.39 is 29.8 Å². The van der Waals surface area contributed by atoms with Crippen molar-refractivity contribution >= 4 is 28.4 Å². The molecular formula is C21H15F3N4O2S. The molecule has 6 nitrogen and oxygen atoms in total. The van der Waals surface area contributed by atoms with Crippen LogP contribution in [0, 0.1) is 24.4 Å². The maximum atomic E-state index is 14.4. The fraction of sp³-hybridized carbons (Fsp3) is 0.143. The third kappa shape index (κ3) is 3.91. The number of Topliss-reactive ketones (excluding diaryl/α,β-unsaturated/α-hetero) is 1. The van der Waals surface area contributed by atoms with Crippen molar-refractivity contribution in [3.63, 3.8) is 0 Å². The zero-order valence-corrected chi connectivity index (χ0v) is 17.2. The molecule has 2 heterocycles. The largest absolute Gasteiger partial charge is 0.388 e. The first-order chi connectivity index (χ1) is 14.8. The lowest BCUT2D eigenvalue weighted by atomic mass is 10.1. The lowest BCUT2D eigenvalue weighted by Crippen LogP contribution is -2.06. The van der Waals surface area contributed by atoms with E-state index in [1.165, 1.54) is 12.1 Å². The standard InChI is InChI=1S/C21H15F3N4O2S/c1-10-14(6-11-5-13(22)3-4-17(11)25-10)20-26-27-21(28(20)2)31-19-15(23)7-12(8-16(19)24)18(30)9-29/h3-8,29H,9H2,1-2H3. The minimum atomic E-state index is -0.953. The lowest BCUT2D eigenvalue weighted by Gasteiger charge is -2.09. The molecule has 0 aliphatic heterocycles. The Morgan fingerprint density at radius 2 is 1.81 bits per heavy atom. The molecule has 0 fully saturated rings. The van der Waals surface area contributed by atoms with Gasteiger partial charge in [-0.2, -0.15) is 0 Å². The van der Waals surface area contributed by atoms with Crippen molar-refractivity contribution in [2.75, 3.05) is 6.61 Å². The Bertz CT molecular complexity index is 1320. The summed E-state index contributed by atoms with van der Waals surface area (Å²) in [4.78, 5) is 15.6. The van der Waals surface area contributed by atoms with Gasteiger partial charge in [0.2, 0.25) is 0 Å². The van der Waals surface area contributed by atoms with E-state index >= 15 is 0 Å². The van der Waals surface area contributed by atoms with Gasteiger partial charge < -0.3 is 9.67 Å². The number of fused-ring (bicyclic) bond motifs is 1. The second-order valence-corrected chi connectivity index (χ2v) is 7.75. The average Bonchev–Trinajstić information content (AvgIpc) is 3.09. The molecule has 0 saturated heterocycles. The molecule has 0 bridgehead atoms. The summed E-state index contributed by atoms with van der Waals surface area (Å²) < 4.78 is 44.0. The van der Waals surface area contributed by atoms with Gasteiger partial charge in [-0.15, -0.1) is 10.2 Å². The van der Waals surface area contributed by atoms with E-state index in [0.717, 1.165) is 12.1 Å². The van der Waals surface area contributed by atoms with Gasteiger partial charge in [-0.1, -0.05) is 0 Å². The summed E-state index contributed by atoms with van der Waals surface area (Å²) in [5.41, 5.74) is 1.60. The summed E-state index contributed by atoms with van der Waals surface area (Å²) in [6.07, 6.45) is 0. The van der Waals surface area contributed by atoms with Gasteiger partial charge in [0.25, 0.3) is 0 Å². The zero-order valence-electron chi connectivity index (χ0n) is 16.4. The van der Waals surface area contributed by atoms with E-state index in [9.17, 15) is 18.0 Å². The van der Waals surface area contributed by atoms with Crippen molar-refractivity contribution < 1.29 is 23.1 Å². The fourth-order valence-corrected chi connectivity index (χ4v) is 3.91. The molecule has 0 radical (unpaired) electrons. The SMILES string of the molecule is Cc1nc2ccc(F)cc2cc1-c1nnc(Sc2c(F)cc(C(=O)CO)cc2F)n1C. The van der Waals surface area contributed by atoms with Gasteiger partial charge in [-0.05, 0) is 55.1 Å². The Labute approximate surface area is 178 Å². The molecule has 158 valence electrons. The van der Waals surface area contributed by atoms with Crippen molar-refractivity contribution in [1.82, 2.24) is 19.7 Å². The van der Waals surface area contributed by atoms with Gasteiger partial charge in [0.1, 0.15) is 24.1 Å². The summed E-state index contributed by atoms with van der Waals surface area (Å²) in [5, 5.41) is 17.8. The van der Waals surface area contributed by atoms with Gasteiger partial charge in [-0.3, -0.25) is 9.78 Å². The van der Waals surface area contributed by atoms with Crippen LogP contribution in [0.5, 0.6) is 0 Å². The first-order valence-corrected chi connectivity index (χ1v) is 9.87. The number of rotatable bonds is 5. The number of aliphatic hydroxyl groups excluding tert-OH is 1. The van der Waals surface area contributed by atoms with Crippen LogP contribution in [-0.2, 0) is 7.05 Å².